The van der Waals surface area contributed by atoms with E-state index >= 15 is 0 Å². The summed E-state index contributed by atoms with van der Waals surface area (Å²) in [6, 6.07) is 17.4. The lowest BCUT2D eigenvalue weighted by atomic mass is 10.1. The normalized spacial score (nSPS) is 11.6. The minimum absolute atomic E-state index is 0.100. The van der Waals surface area contributed by atoms with Crippen molar-refractivity contribution in [3.63, 3.8) is 0 Å². The van der Waals surface area contributed by atoms with Crippen LogP contribution in [0.25, 0.3) is 0 Å². The molecule has 2 rings (SSSR count). The number of amides is 1. The molecule has 1 amide bonds. The molecule has 1 atom stereocenters. The summed E-state index contributed by atoms with van der Waals surface area (Å²) in [5.41, 5.74) is 1.17. The topological polar surface area (TPSA) is 47.6 Å². The first-order valence-corrected chi connectivity index (χ1v) is 8.41. The number of carbonyl (C=O) groups excluding carboxylic acids is 1. The fourth-order valence-electron chi connectivity index (χ4n) is 2.40. The van der Waals surface area contributed by atoms with Crippen LogP contribution in [0.2, 0.25) is 0 Å². The molecule has 24 heavy (non-hydrogen) atoms. The fourth-order valence-corrected chi connectivity index (χ4v) is 2.40. The van der Waals surface area contributed by atoms with Crippen LogP contribution in [0, 0.1) is 0 Å². The lowest BCUT2D eigenvalue weighted by Gasteiger charge is -2.15. The van der Waals surface area contributed by atoms with Crippen LogP contribution in [0.1, 0.15) is 25.8 Å². The predicted octanol–water partition coefficient (Wildman–Crippen LogP) is 3.60. The van der Waals surface area contributed by atoms with Gasteiger partial charge in [0.2, 0.25) is 0 Å². The maximum atomic E-state index is 12.1. The first-order chi connectivity index (χ1) is 11.7. The maximum absolute atomic E-state index is 12.1. The summed E-state index contributed by atoms with van der Waals surface area (Å²) in [6.45, 7) is 5.00. The summed E-state index contributed by atoms with van der Waals surface area (Å²) >= 11 is 0. The minimum atomic E-state index is -0.511. The zero-order valence-corrected chi connectivity index (χ0v) is 14.3. The van der Waals surface area contributed by atoms with Crippen molar-refractivity contribution in [3.8, 4) is 11.5 Å². The Morgan fingerprint density at radius 1 is 1.08 bits per heavy atom. The molecule has 0 heterocycles. The molecule has 0 fully saturated rings. The van der Waals surface area contributed by atoms with E-state index in [1.807, 2.05) is 55.5 Å². The highest BCUT2D eigenvalue weighted by Gasteiger charge is 2.13. The van der Waals surface area contributed by atoms with E-state index in [1.165, 1.54) is 5.56 Å². The highest BCUT2D eigenvalue weighted by molar-refractivity contribution is 5.80. The Morgan fingerprint density at radius 3 is 2.54 bits per heavy atom. The van der Waals surface area contributed by atoms with E-state index in [-0.39, 0.29) is 5.91 Å². The van der Waals surface area contributed by atoms with Crippen LogP contribution in [0.15, 0.2) is 54.6 Å². The largest absolute Gasteiger partial charge is 0.494 e. The quantitative estimate of drug-likeness (QED) is 0.716. The highest BCUT2D eigenvalue weighted by Crippen LogP contribution is 2.19. The predicted molar refractivity (Wildman–Crippen MR) is 95.5 cm³/mol. The third kappa shape index (κ3) is 5.61. The van der Waals surface area contributed by atoms with Crippen LogP contribution in [-0.2, 0) is 11.2 Å². The van der Waals surface area contributed by atoms with Gasteiger partial charge in [-0.1, -0.05) is 36.4 Å². The van der Waals surface area contributed by atoms with Crippen LogP contribution < -0.4 is 14.8 Å². The number of hydrogen-bond acceptors (Lipinski definition) is 3. The Kier molecular flexibility index (Phi) is 7.15. The Labute approximate surface area is 143 Å². The number of carbonyl (C=O) groups is 1. The Bertz CT molecular complexity index is 628. The van der Waals surface area contributed by atoms with Gasteiger partial charge < -0.3 is 14.8 Å². The Hall–Kier alpha value is -2.49. The minimum Gasteiger partial charge on any atom is -0.494 e. The lowest BCUT2D eigenvalue weighted by molar-refractivity contribution is -0.127. The average Bonchev–Trinajstić information content (AvgIpc) is 2.61. The van der Waals surface area contributed by atoms with E-state index in [9.17, 15) is 4.79 Å². The zero-order chi connectivity index (χ0) is 17.2. The van der Waals surface area contributed by atoms with Crippen LogP contribution in [0.4, 0.5) is 0 Å². The fraction of sp³-hybridized carbons (Fsp3) is 0.350. The average molecular weight is 327 g/mol. The van der Waals surface area contributed by atoms with Gasteiger partial charge in [-0.15, -0.1) is 0 Å². The summed E-state index contributed by atoms with van der Waals surface area (Å²) in [5, 5.41) is 2.92. The second-order valence-corrected chi connectivity index (χ2v) is 5.51. The summed E-state index contributed by atoms with van der Waals surface area (Å²) in [4.78, 5) is 12.1. The van der Waals surface area contributed by atoms with Crippen molar-refractivity contribution in [1.82, 2.24) is 5.32 Å². The molecule has 0 spiro atoms. The standard InChI is InChI=1S/C20H25NO3/c1-3-23-19-14-8-7-10-17(19)11-9-15-21-20(22)16(2)24-18-12-5-4-6-13-18/h4-8,10,12-14,16H,3,9,11,15H2,1-2H3,(H,21,22)/t16-/m0/s1. The first kappa shape index (κ1) is 17.9. The molecule has 0 aliphatic heterocycles. The van der Waals surface area contributed by atoms with Crippen LogP contribution in [0.5, 0.6) is 11.5 Å². The summed E-state index contributed by atoms with van der Waals surface area (Å²) < 4.78 is 11.2. The van der Waals surface area contributed by atoms with Crippen molar-refractivity contribution in [3.05, 3.63) is 60.2 Å². The van der Waals surface area contributed by atoms with Crippen LogP contribution >= 0.6 is 0 Å². The highest BCUT2D eigenvalue weighted by atomic mass is 16.5. The van der Waals surface area contributed by atoms with Crippen molar-refractivity contribution in [2.24, 2.45) is 0 Å². The number of benzene rings is 2. The van der Waals surface area contributed by atoms with Crippen molar-refractivity contribution >= 4 is 5.91 Å². The van der Waals surface area contributed by atoms with Gasteiger partial charge in [-0.2, -0.15) is 0 Å². The van der Waals surface area contributed by atoms with Gasteiger partial charge in [0.1, 0.15) is 11.5 Å². The molecule has 0 aliphatic rings. The van der Waals surface area contributed by atoms with Gasteiger partial charge in [0.25, 0.3) is 5.91 Å². The second kappa shape index (κ2) is 9.60. The van der Waals surface area contributed by atoms with Gasteiger partial charge in [0, 0.05) is 6.54 Å². The maximum Gasteiger partial charge on any atom is 0.260 e. The van der Waals surface area contributed by atoms with Gasteiger partial charge in [0.15, 0.2) is 6.10 Å². The number of hydrogen-bond donors (Lipinski definition) is 1. The number of nitrogens with one attached hydrogen (secondary N) is 1. The van der Waals surface area contributed by atoms with Crippen LogP contribution in [0.3, 0.4) is 0 Å². The molecule has 1 N–H and O–H groups in total. The van der Waals surface area contributed by atoms with E-state index in [1.54, 1.807) is 6.92 Å². The number of rotatable bonds is 9. The van der Waals surface area contributed by atoms with Crippen molar-refractivity contribution in [2.75, 3.05) is 13.2 Å². The van der Waals surface area contributed by atoms with Gasteiger partial charge in [-0.25, -0.2) is 0 Å². The second-order valence-electron chi connectivity index (χ2n) is 5.51. The third-order valence-electron chi connectivity index (χ3n) is 3.62. The van der Waals surface area contributed by atoms with E-state index in [0.29, 0.717) is 18.9 Å². The van der Waals surface area contributed by atoms with Gasteiger partial charge in [-0.3, -0.25) is 4.79 Å². The Balaban J connectivity index is 1.73. The molecule has 0 radical (unpaired) electrons. The molecule has 0 saturated heterocycles. The van der Waals surface area contributed by atoms with Crippen molar-refractivity contribution < 1.29 is 14.3 Å². The molecule has 0 saturated carbocycles. The van der Waals surface area contributed by atoms with Crippen LogP contribution in [-0.4, -0.2) is 25.2 Å². The van der Waals surface area contributed by atoms with Crippen molar-refractivity contribution in [1.29, 1.82) is 0 Å². The molecule has 0 bridgehead atoms. The molecular weight excluding hydrogens is 302 g/mol. The van der Waals surface area contributed by atoms with E-state index in [2.05, 4.69) is 11.4 Å². The zero-order valence-electron chi connectivity index (χ0n) is 14.3. The molecule has 0 aliphatic carbocycles. The number of para-hydroxylation sites is 2. The van der Waals surface area contributed by atoms with Gasteiger partial charge >= 0.3 is 0 Å². The van der Waals surface area contributed by atoms with E-state index < -0.39 is 6.10 Å². The van der Waals surface area contributed by atoms with E-state index in [0.717, 1.165) is 18.6 Å². The first-order valence-electron chi connectivity index (χ1n) is 8.41. The molecule has 2 aromatic carbocycles. The lowest BCUT2D eigenvalue weighted by Crippen LogP contribution is -2.36. The van der Waals surface area contributed by atoms with Crippen molar-refractivity contribution in [2.45, 2.75) is 32.8 Å². The Morgan fingerprint density at radius 2 is 1.79 bits per heavy atom. The molecule has 4 nitrogen and oxygen atoms in total. The van der Waals surface area contributed by atoms with Gasteiger partial charge in [-0.05, 0) is 50.5 Å². The van der Waals surface area contributed by atoms with E-state index in [4.69, 9.17) is 9.47 Å². The molecule has 128 valence electrons. The third-order valence-corrected chi connectivity index (χ3v) is 3.62. The summed E-state index contributed by atoms with van der Waals surface area (Å²) in [7, 11) is 0. The molecule has 2 aromatic rings. The molecule has 0 aromatic heterocycles. The number of ether oxygens (including phenoxy) is 2. The monoisotopic (exact) mass is 327 g/mol. The SMILES string of the molecule is CCOc1ccccc1CCCNC(=O)[C@H](C)Oc1ccccc1. The summed E-state index contributed by atoms with van der Waals surface area (Å²) in [6.07, 6.45) is 1.21. The van der Waals surface area contributed by atoms with Gasteiger partial charge in [0.05, 0.1) is 6.61 Å². The summed E-state index contributed by atoms with van der Waals surface area (Å²) in [5.74, 6) is 1.52. The smallest absolute Gasteiger partial charge is 0.260 e. The molecule has 4 heteroatoms. The number of aryl methyl sites for hydroxylation is 1. The molecular formula is C20H25NO3. The molecule has 0 unspecified atom stereocenters.